The number of thiazole rings is 1. The molecule has 0 saturated carbocycles. The summed E-state index contributed by atoms with van der Waals surface area (Å²) < 4.78 is 22.3. The van der Waals surface area contributed by atoms with Crippen molar-refractivity contribution in [1.29, 1.82) is 0 Å². The Labute approximate surface area is 104 Å². The van der Waals surface area contributed by atoms with Crippen LogP contribution in [-0.4, -0.2) is 19.3 Å². The number of nitrogens with two attached hydrogens (primary N) is 1. The number of hydrogen-bond donors (Lipinski definition) is 2. The van der Waals surface area contributed by atoms with Crippen LogP contribution in [0, 0.1) is 6.92 Å². The van der Waals surface area contributed by atoms with E-state index in [4.69, 9.17) is 5.14 Å². The number of aromatic nitrogens is 1. The zero-order valence-electron chi connectivity index (χ0n) is 9.69. The minimum absolute atomic E-state index is 0.0108. The highest BCUT2D eigenvalue weighted by molar-refractivity contribution is 7.91. The first-order valence-corrected chi connectivity index (χ1v) is 7.51. The zero-order valence-corrected chi connectivity index (χ0v) is 11.3. The van der Waals surface area contributed by atoms with Crippen LogP contribution in [0.3, 0.4) is 0 Å². The summed E-state index contributed by atoms with van der Waals surface area (Å²) in [7, 11) is -3.76. The van der Waals surface area contributed by atoms with Crippen molar-refractivity contribution in [2.24, 2.45) is 5.14 Å². The molecule has 6 nitrogen and oxygen atoms in total. The number of carbonyl (C=O) groups excluding carboxylic acids is 1. The fraction of sp³-hybridized carbons (Fsp3) is 0.556. The first-order valence-electron chi connectivity index (χ1n) is 5.14. The average Bonchev–Trinajstić information content (AvgIpc) is 2.56. The maximum Gasteiger partial charge on any atom is 0.249 e. The van der Waals surface area contributed by atoms with Crippen LogP contribution in [0.2, 0.25) is 0 Å². The SMILES string of the molecule is CCCCC(=O)Nc1nc(C)c(S(N)(=O)=O)s1. The van der Waals surface area contributed by atoms with E-state index >= 15 is 0 Å². The van der Waals surface area contributed by atoms with Gasteiger partial charge in [0, 0.05) is 6.42 Å². The highest BCUT2D eigenvalue weighted by Gasteiger charge is 2.18. The largest absolute Gasteiger partial charge is 0.302 e. The van der Waals surface area contributed by atoms with Crippen molar-refractivity contribution in [3.8, 4) is 0 Å². The van der Waals surface area contributed by atoms with Gasteiger partial charge in [-0.3, -0.25) is 4.79 Å². The van der Waals surface area contributed by atoms with Gasteiger partial charge < -0.3 is 5.32 Å². The first kappa shape index (κ1) is 14.1. The molecule has 1 heterocycles. The highest BCUT2D eigenvalue weighted by Crippen LogP contribution is 2.25. The van der Waals surface area contributed by atoms with Crippen LogP contribution in [-0.2, 0) is 14.8 Å². The van der Waals surface area contributed by atoms with E-state index in [1.165, 1.54) is 6.92 Å². The molecule has 0 aliphatic carbocycles. The summed E-state index contributed by atoms with van der Waals surface area (Å²) >= 11 is 0.872. The Morgan fingerprint density at radius 3 is 2.65 bits per heavy atom. The molecule has 1 aromatic heterocycles. The first-order chi connectivity index (χ1) is 7.84. The molecule has 0 unspecified atom stereocenters. The molecule has 0 fully saturated rings. The second-order valence-corrected chi connectivity index (χ2v) is 6.34. The molecule has 0 aliphatic heterocycles. The fourth-order valence-electron chi connectivity index (χ4n) is 1.22. The number of rotatable bonds is 5. The van der Waals surface area contributed by atoms with E-state index in [1.807, 2.05) is 6.92 Å². The Morgan fingerprint density at radius 2 is 2.18 bits per heavy atom. The molecule has 0 radical (unpaired) electrons. The lowest BCUT2D eigenvalue weighted by Gasteiger charge is -1.99. The number of carbonyl (C=O) groups is 1. The number of hydrogen-bond acceptors (Lipinski definition) is 5. The number of nitrogens with one attached hydrogen (secondary N) is 1. The molecule has 0 aromatic carbocycles. The van der Waals surface area contributed by atoms with Crippen molar-refractivity contribution in [2.45, 2.75) is 37.3 Å². The standard InChI is InChI=1S/C9H15N3O3S2/c1-3-4-5-7(13)12-9-11-6(2)8(16-9)17(10,14)15/h3-5H2,1-2H3,(H2,10,14,15)(H,11,12,13). The van der Waals surface area contributed by atoms with Gasteiger partial charge in [-0.15, -0.1) is 0 Å². The van der Waals surface area contributed by atoms with Crippen molar-refractivity contribution in [3.63, 3.8) is 0 Å². The molecule has 0 aliphatic rings. The van der Waals surface area contributed by atoms with Crippen LogP contribution in [0.1, 0.15) is 31.9 Å². The van der Waals surface area contributed by atoms with Crippen LogP contribution in [0.15, 0.2) is 4.21 Å². The third kappa shape index (κ3) is 4.06. The number of sulfonamides is 1. The van der Waals surface area contributed by atoms with Crippen molar-refractivity contribution >= 4 is 32.4 Å². The number of unbranched alkanes of at least 4 members (excludes halogenated alkanes) is 1. The normalized spacial score (nSPS) is 11.5. The van der Waals surface area contributed by atoms with E-state index in [0.717, 1.165) is 24.2 Å². The second kappa shape index (κ2) is 5.56. The van der Waals surface area contributed by atoms with E-state index in [0.29, 0.717) is 12.1 Å². The van der Waals surface area contributed by atoms with Crippen LogP contribution in [0.25, 0.3) is 0 Å². The van der Waals surface area contributed by atoms with E-state index in [9.17, 15) is 13.2 Å². The van der Waals surface area contributed by atoms with Gasteiger partial charge in [0.15, 0.2) is 9.34 Å². The van der Waals surface area contributed by atoms with Crippen molar-refractivity contribution in [1.82, 2.24) is 4.98 Å². The third-order valence-corrected chi connectivity index (χ3v) is 4.64. The number of aryl methyl sites for hydroxylation is 1. The average molecular weight is 277 g/mol. The van der Waals surface area contributed by atoms with Gasteiger partial charge in [0.05, 0.1) is 5.69 Å². The summed E-state index contributed by atoms with van der Waals surface area (Å²) in [6.45, 7) is 3.53. The molecule has 3 N–H and O–H groups in total. The maximum absolute atomic E-state index is 11.4. The van der Waals surface area contributed by atoms with Gasteiger partial charge in [-0.1, -0.05) is 24.7 Å². The van der Waals surface area contributed by atoms with E-state index in [2.05, 4.69) is 10.3 Å². The molecule has 1 aromatic rings. The monoisotopic (exact) mass is 277 g/mol. The molecule has 1 amide bonds. The summed E-state index contributed by atoms with van der Waals surface area (Å²) in [5.41, 5.74) is 0.309. The predicted octanol–water partition coefficient (Wildman–Crippen LogP) is 1.23. The zero-order chi connectivity index (χ0) is 13.1. The molecule has 0 atom stereocenters. The Balaban J connectivity index is 2.78. The number of primary sulfonamides is 1. The summed E-state index contributed by atoms with van der Waals surface area (Å²) in [6.07, 6.45) is 2.12. The molecule has 17 heavy (non-hydrogen) atoms. The van der Waals surface area contributed by atoms with Gasteiger partial charge in [-0.2, -0.15) is 0 Å². The lowest BCUT2D eigenvalue weighted by Crippen LogP contribution is -2.11. The van der Waals surface area contributed by atoms with E-state index in [1.54, 1.807) is 0 Å². The predicted molar refractivity (Wildman–Crippen MR) is 66.4 cm³/mol. The van der Waals surface area contributed by atoms with Crippen LogP contribution in [0.4, 0.5) is 5.13 Å². The van der Waals surface area contributed by atoms with Gasteiger partial charge in [-0.05, 0) is 13.3 Å². The van der Waals surface area contributed by atoms with Crippen LogP contribution in [0.5, 0.6) is 0 Å². The van der Waals surface area contributed by atoms with Gasteiger partial charge in [0.25, 0.3) is 0 Å². The molecule has 0 bridgehead atoms. The van der Waals surface area contributed by atoms with E-state index < -0.39 is 10.0 Å². The summed E-state index contributed by atoms with van der Waals surface area (Å²) in [5, 5.41) is 7.84. The molecule has 1 rings (SSSR count). The highest BCUT2D eigenvalue weighted by atomic mass is 32.2. The smallest absolute Gasteiger partial charge is 0.249 e. The molecular formula is C9H15N3O3S2. The second-order valence-electron chi connectivity index (χ2n) is 3.59. The fourth-order valence-corrected chi connectivity index (χ4v) is 3.09. The minimum Gasteiger partial charge on any atom is -0.302 e. The molecule has 96 valence electrons. The summed E-state index contributed by atoms with van der Waals surface area (Å²) in [6, 6.07) is 0. The summed E-state index contributed by atoms with van der Waals surface area (Å²) in [5.74, 6) is -0.165. The third-order valence-electron chi connectivity index (χ3n) is 2.02. The van der Waals surface area contributed by atoms with Crippen LogP contribution < -0.4 is 10.5 Å². The number of anilines is 1. The number of amides is 1. The molecular weight excluding hydrogens is 262 g/mol. The van der Waals surface area contributed by atoms with Gasteiger partial charge in [-0.25, -0.2) is 18.5 Å². The Hall–Kier alpha value is -0.990. The van der Waals surface area contributed by atoms with Crippen LogP contribution >= 0.6 is 11.3 Å². The summed E-state index contributed by atoms with van der Waals surface area (Å²) in [4.78, 5) is 15.4. The topological polar surface area (TPSA) is 102 Å². The lowest BCUT2D eigenvalue weighted by molar-refractivity contribution is -0.116. The van der Waals surface area contributed by atoms with Gasteiger partial charge in [0.1, 0.15) is 0 Å². The molecule has 0 spiro atoms. The molecule has 0 saturated heterocycles. The quantitative estimate of drug-likeness (QED) is 0.844. The Kier molecular flexibility index (Phi) is 4.61. The van der Waals surface area contributed by atoms with Crippen molar-refractivity contribution in [2.75, 3.05) is 5.32 Å². The molecule has 8 heteroatoms. The Bertz CT molecular complexity index is 508. The Morgan fingerprint density at radius 1 is 1.53 bits per heavy atom. The lowest BCUT2D eigenvalue weighted by atomic mass is 10.2. The maximum atomic E-state index is 11.4. The minimum atomic E-state index is -3.76. The van der Waals surface area contributed by atoms with E-state index in [-0.39, 0.29) is 15.2 Å². The number of nitrogens with zero attached hydrogens (tertiary/aromatic N) is 1. The van der Waals surface area contributed by atoms with Gasteiger partial charge in [0.2, 0.25) is 15.9 Å². The van der Waals surface area contributed by atoms with Crippen molar-refractivity contribution in [3.05, 3.63) is 5.69 Å². The van der Waals surface area contributed by atoms with Crippen molar-refractivity contribution < 1.29 is 13.2 Å². The van der Waals surface area contributed by atoms with Gasteiger partial charge >= 0.3 is 0 Å².